The molecule has 0 radical (unpaired) electrons. The van der Waals surface area contributed by atoms with E-state index in [0.717, 1.165) is 0 Å². The van der Waals surface area contributed by atoms with E-state index in [1.165, 1.54) is 24.3 Å². The summed E-state index contributed by atoms with van der Waals surface area (Å²) in [6.07, 6.45) is 0. The summed E-state index contributed by atoms with van der Waals surface area (Å²) in [4.78, 5) is 10.2. The van der Waals surface area contributed by atoms with Gasteiger partial charge in [0.15, 0.2) is 5.76 Å². The van der Waals surface area contributed by atoms with Crippen LogP contribution in [0.25, 0.3) is 22.6 Å². The molecule has 6 nitrogen and oxygen atoms in total. The summed E-state index contributed by atoms with van der Waals surface area (Å²) in [6, 6.07) is 10.7. The lowest BCUT2D eigenvalue weighted by molar-refractivity contribution is -0.384. The Morgan fingerprint density at radius 2 is 1.71 bits per heavy atom. The summed E-state index contributed by atoms with van der Waals surface area (Å²) in [5.41, 5.74) is 1.99. The Labute approximate surface area is 146 Å². The largest absolute Gasteiger partial charge is 0.391 e. The van der Waals surface area contributed by atoms with Crippen LogP contribution in [-0.4, -0.2) is 15.2 Å². The first-order chi connectivity index (χ1) is 11.5. The van der Waals surface area contributed by atoms with Crippen LogP contribution in [0.4, 0.5) is 5.69 Å². The topological polar surface area (TPSA) is 89.4 Å². The number of aliphatic hydroxyl groups excluding tert-OH is 1. The highest BCUT2D eigenvalue weighted by Crippen LogP contribution is 2.35. The molecule has 2 aromatic carbocycles. The Hall–Kier alpha value is -2.41. The Kier molecular flexibility index (Phi) is 4.53. The first-order valence-corrected chi connectivity index (χ1v) is 7.56. The van der Waals surface area contributed by atoms with E-state index in [1.54, 1.807) is 18.2 Å². The molecule has 1 N–H and O–H groups in total. The first-order valence-electron chi connectivity index (χ1n) is 6.80. The van der Waals surface area contributed by atoms with Gasteiger partial charge >= 0.3 is 0 Å². The number of nitro benzene ring substituents is 1. The minimum atomic E-state index is -0.490. The van der Waals surface area contributed by atoms with E-state index in [2.05, 4.69) is 5.16 Å². The number of benzene rings is 2. The molecule has 0 unspecified atom stereocenters. The number of hydrogen-bond donors (Lipinski definition) is 1. The highest BCUT2D eigenvalue weighted by atomic mass is 35.5. The zero-order valence-electron chi connectivity index (χ0n) is 12.1. The van der Waals surface area contributed by atoms with Crippen molar-refractivity contribution in [3.05, 3.63) is 68.2 Å². The van der Waals surface area contributed by atoms with Crippen molar-refractivity contribution in [1.82, 2.24) is 5.16 Å². The lowest BCUT2D eigenvalue weighted by Crippen LogP contribution is -1.90. The van der Waals surface area contributed by atoms with Gasteiger partial charge in [-0.1, -0.05) is 28.4 Å². The first kappa shape index (κ1) is 16.4. The molecule has 3 rings (SSSR count). The number of aliphatic hydroxyl groups is 1. The highest BCUT2D eigenvalue weighted by Gasteiger charge is 2.19. The average molecular weight is 365 g/mol. The second kappa shape index (κ2) is 6.60. The molecule has 0 aliphatic heterocycles. The van der Waals surface area contributed by atoms with Crippen LogP contribution in [0.1, 0.15) is 5.56 Å². The van der Waals surface area contributed by atoms with E-state index in [0.29, 0.717) is 38.2 Å². The third-order valence-electron chi connectivity index (χ3n) is 3.42. The zero-order chi connectivity index (χ0) is 17.3. The molecule has 24 heavy (non-hydrogen) atoms. The van der Waals surface area contributed by atoms with E-state index in [1.807, 2.05) is 0 Å². The second-order valence-electron chi connectivity index (χ2n) is 4.96. The summed E-state index contributed by atoms with van der Waals surface area (Å²) in [5, 5.41) is 25.3. The molecule has 0 saturated heterocycles. The lowest BCUT2D eigenvalue weighted by Gasteiger charge is -2.03. The van der Waals surface area contributed by atoms with Crippen LogP contribution >= 0.6 is 23.2 Å². The summed E-state index contributed by atoms with van der Waals surface area (Å²) >= 11 is 12.0. The summed E-state index contributed by atoms with van der Waals surface area (Å²) in [7, 11) is 0. The van der Waals surface area contributed by atoms with Crippen molar-refractivity contribution in [3.63, 3.8) is 0 Å². The van der Waals surface area contributed by atoms with Crippen molar-refractivity contribution in [3.8, 4) is 22.6 Å². The summed E-state index contributed by atoms with van der Waals surface area (Å²) in [6.45, 7) is -0.324. The van der Waals surface area contributed by atoms with Crippen molar-refractivity contribution in [2.45, 2.75) is 6.61 Å². The van der Waals surface area contributed by atoms with Crippen LogP contribution in [0.15, 0.2) is 47.0 Å². The van der Waals surface area contributed by atoms with Gasteiger partial charge in [-0.05, 0) is 30.3 Å². The predicted molar refractivity (Wildman–Crippen MR) is 90.0 cm³/mol. The maximum absolute atomic E-state index is 10.7. The van der Waals surface area contributed by atoms with Gasteiger partial charge in [0.1, 0.15) is 5.69 Å². The quantitative estimate of drug-likeness (QED) is 0.534. The monoisotopic (exact) mass is 364 g/mol. The number of hydrogen-bond acceptors (Lipinski definition) is 5. The Balaban J connectivity index is 2.08. The van der Waals surface area contributed by atoms with Gasteiger partial charge in [0.05, 0.1) is 17.1 Å². The number of rotatable bonds is 4. The van der Waals surface area contributed by atoms with Crippen LogP contribution in [0, 0.1) is 10.1 Å². The van der Waals surface area contributed by atoms with Crippen molar-refractivity contribution in [2.24, 2.45) is 0 Å². The van der Waals surface area contributed by atoms with E-state index in [4.69, 9.17) is 27.7 Å². The third-order valence-corrected chi connectivity index (χ3v) is 3.86. The van der Waals surface area contributed by atoms with Gasteiger partial charge in [0, 0.05) is 33.3 Å². The maximum Gasteiger partial charge on any atom is 0.269 e. The molecular weight excluding hydrogens is 355 g/mol. The van der Waals surface area contributed by atoms with Crippen LogP contribution < -0.4 is 0 Å². The fourth-order valence-corrected chi connectivity index (χ4v) is 2.86. The van der Waals surface area contributed by atoms with E-state index in [-0.39, 0.29) is 12.3 Å². The minimum Gasteiger partial charge on any atom is -0.391 e. The van der Waals surface area contributed by atoms with Crippen molar-refractivity contribution >= 4 is 28.9 Å². The van der Waals surface area contributed by atoms with Crippen LogP contribution in [0.3, 0.4) is 0 Å². The summed E-state index contributed by atoms with van der Waals surface area (Å²) in [5.74, 6) is 0.332. The van der Waals surface area contributed by atoms with Crippen LogP contribution in [0.5, 0.6) is 0 Å². The average Bonchev–Trinajstić information content (AvgIpc) is 2.98. The fraction of sp³-hybridized carbons (Fsp3) is 0.0625. The van der Waals surface area contributed by atoms with Gasteiger partial charge in [-0.25, -0.2) is 0 Å². The molecule has 0 aliphatic rings. The molecule has 1 heterocycles. The van der Waals surface area contributed by atoms with E-state index in [9.17, 15) is 15.2 Å². The van der Waals surface area contributed by atoms with E-state index < -0.39 is 4.92 Å². The molecule has 0 amide bonds. The molecule has 0 spiro atoms. The fourth-order valence-electron chi connectivity index (χ4n) is 2.33. The van der Waals surface area contributed by atoms with Crippen molar-refractivity contribution in [1.29, 1.82) is 0 Å². The molecule has 0 atom stereocenters. The Bertz CT molecular complexity index is 887. The van der Waals surface area contributed by atoms with Crippen LogP contribution in [0.2, 0.25) is 10.0 Å². The third kappa shape index (κ3) is 3.12. The van der Waals surface area contributed by atoms with Gasteiger partial charge < -0.3 is 9.63 Å². The van der Waals surface area contributed by atoms with Gasteiger partial charge in [-0.15, -0.1) is 0 Å². The number of aromatic nitrogens is 1. The molecule has 0 saturated carbocycles. The number of nitro groups is 1. The van der Waals surface area contributed by atoms with Crippen molar-refractivity contribution < 1.29 is 14.6 Å². The molecule has 1 aromatic heterocycles. The molecule has 0 aliphatic carbocycles. The van der Waals surface area contributed by atoms with Gasteiger partial charge in [0.25, 0.3) is 5.69 Å². The van der Waals surface area contributed by atoms with Gasteiger partial charge in [-0.2, -0.15) is 0 Å². The molecular formula is C16H10Cl2N2O4. The van der Waals surface area contributed by atoms with Gasteiger partial charge in [-0.3, -0.25) is 10.1 Å². The maximum atomic E-state index is 10.7. The Morgan fingerprint density at radius 1 is 1.08 bits per heavy atom. The molecule has 122 valence electrons. The standard InChI is InChI=1S/C16H10Cl2N2O4/c17-11-5-10(6-12(18)7-11)15-14(8-21)16(24-19-15)9-1-3-13(4-2-9)20(22)23/h1-7,21H,8H2. The zero-order valence-corrected chi connectivity index (χ0v) is 13.6. The SMILES string of the molecule is O=[N+]([O-])c1ccc(-c2onc(-c3cc(Cl)cc(Cl)c3)c2CO)cc1. The minimum absolute atomic E-state index is 0.0364. The highest BCUT2D eigenvalue weighted by molar-refractivity contribution is 6.35. The van der Waals surface area contributed by atoms with E-state index >= 15 is 0 Å². The Morgan fingerprint density at radius 3 is 2.25 bits per heavy atom. The lowest BCUT2D eigenvalue weighted by atomic mass is 10.0. The normalized spacial score (nSPS) is 10.8. The van der Waals surface area contributed by atoms with Crippen molar-refractivity contribution in [2.75, 3.05) is 0 Å². The van der Waals surface area contributed by atoms with Crippen LogP contribution in [-0.2, 0) is 6.61 Å². The number of nitrogens with zero attached hydrogens (tertiary/aromatic N) is 2. The number of halogens is 2. The smallest absolute Gasteiger partial charge is 0.269 e. The second-order valence-corrected chi connectivity index (χ2v) is 5.83. The molecule has 3 aromatic rings. The molecule has 8 heteroatoms. The molecule has 0 fully saturated rings. The summed E-state index contributed by atoms with van der Waals surface area (Å²) < 4.78 is 5.34. The predicted octanol–water partition coefficient (Wildman–Crippen LogP) is 4.72. The molecule has 0 bridgehead atoms. The number of non-ortho nitro benzene ring substituents is 1. The van der Waals surface area contributed by atoms with Gasteiger partial charge in [0.2, 0.25) is 0 Å².